The molecular weight excluding hydrogens is 272 g/mol. The van der Waals surface area contributed by atoms with Gasteiger partial charge in [-0.15, -0.1) is 0 Å². The van der Waals surface area contributed by atoms with Crippen LogP contribution < -0.4 is 4.74 Å². The molecule has 0 radical (unpaired) electrons. The summed E-state index contributed by atoms with van der Waals surface area (Å²) in [4.78, 5) is 4.34. The Labute approximate surface area is 129 Å². The van der Waals surface area contributed by atoms with Gasteiger partial charge >= 0.3 is 0 Å². The Balaban J connectivity index is 1.87. The maximum absolute atomic E-state index is 9.15. The SMILES string of the molecule is N#Cc1cc(OCc2ccccc2)cc(-c2ccccc2)n1. The normalized spacial score (nSPS) is 9.95. The molecule has 1 aromatic heterocycles. The second kappa shape index (κ2) is 6.55. The average Bonchev–Trinajstić information content (AvgIpc) is 2.61. The van der Waals surface area contributed by atoms with Gasteiger partial charge in [0.15, 0.2) is 0 Å². The summed E-state index contributed by atoms with van der Waals surface area (Å²) in [5.74, 6) is 0.647. The minimum atomic E-state index is 0.351. The van der Waals surface area contributed by atoms with Crippen molar-refractivity contribution >= 4 is 0 Å². The van der Waals surface area contributed by atoms with Gasteiger partial charge < -0.3 is 4.74 Å². The number of nitrogens with zero attached hydrogens (tertiary/aromatic N) is 2. The average molecular weight is 286 g/mol. The standard InChI is InChI=1S/C19H14N2O/c20-13-17-11-18(22-14-15-7-3-1-4-8-15)12-19(21-17)16-9-5-2-6-10-16/h1-12H,14H2. The number of hydrogen-bond acceptors (Lipinski definition) is 3. The summed E-state index contributed by atoms with van der Waals surface area (Å²) >= 11 is 0. The fourth-order valence-electron chi connectivity index (χ4n) is 2.14. The largest absolute Gasteiger partial charge is 0.489 e. The molecule has 0 atom stereocenters. The van der Waals surface area contributed by atoms with Gasteiger partial charge in [0.05, 0.1) is 5.69 Å². The lowest BCUT2D eigenvalue weighted by Gasteiger charge is -2.09. The molecule has 0 aliphatic heterocycles. The molecular formula is C19H14N2O. The van der Waals surface area contributed by atoms with Crippen molar-refractivity contribution < 1.29 is 4.74 Å². The van der Waals surface area contributed by atoms with Gasteiger partial charge in [0.1, 0.15) is 24.1 Å². The van der Waals surface area contributed by atoms with Crippen molar-refractivity contribution in [2.45, 2.75) is 6.61 Å². The number of ether oxygens (including phenoxy) is 1. The van der Waals surface area contributed by atoms with Crippen LogP contribution in [0.5, 0.6) is 5.75 Å². The Bertz CT molecular complexity index is 793. The lowest BCUT2D eigenvalue weighted by Crippen LogP contribution is -1.97. The summed E-state index contributed by atoms with van der Waals surface area (Å²) in [5.41, 5.74) is 3.13. The summed E-state index contributed by atoms with van der Waals surface area (Å²) in [5, 5.41) is 9.15. The van der Waals surface area contributed by atoms with Crippen LogP contribution in [0.15, 0.2) is 72.8 Å². The van der Waals surface area contributed by atoms with E-state index in [2.05, 4.69) is 11.1 Å². The Morgan fingerprint density at radius 2 is 1.59 bits per heavy atom. The minimum absolute atomic E-state index is 0.351. The van der Waals surface area contributed by atoms with E-state index in [1.807, 2.05) is 66.7 Å². The third-order valence-corrected chi connectivity index (χ3v) is 3.23. The highest BCUT2D eigenvalue weighted by Crippen LogP contribution is 2.23. The van der Waals surface area contributed by atoms with Crippen LogP contribution >= 0.6 is 0 Å². The monoisotopic (exact) mass is 286 g/mol. The van der Waals surface area contributed by atoms with E-state index in [9.17, 15) is 0 Å². The first-order valence-corrected chi connectivity index (χ1v) is 6.99. The number of benzene rings is 2. The Morgan fingerprint density at radius 1 is 0.909 bits per heavy atom. The van der Waals surface area contributed by atoms with E-state index in [0.717, 1.165) is 16.8 Å². The zero-order valence-corrected chi connectivity index (χ0v) is 11.9. The molecule has 0 bridgehead atoms. The van der Waals surface area contributed by atoms with Crippen molar-refractivity contribution in [3.05, 3.63) is 84.1 Å². The van der Waals surface area contributed by atoms with Crippen molar-refractivity contribution in [2.75, 3.05) is 0 Å². The minimum Gasteiger partial charge on any atom is -0.489 e. The molecule has 0 N–H and O–H groups in total. The van der Waals surface area contributed by atoms with Crippen molar-refractivity contribution in [3.63, 3.8) is 0 Å². The number of hydrogen-bond donors (Lipinski definition) is 0. The molecule has 0 fully saturated rings. The lowest BCUT2D eigenvalue weighted by molar-refractivity contribution is 0.306. The van der Waals surface area contributed by atoms with Gasteiger partial charge in [-0.1, -0.05) is 60.7 Å². The van der Waals surface area contributed by atoms with Crippen molar-refractivity contribution in [3.8, 4) is 23.1 Å². The maximum atomic E-state index is 9.15. The molecule has 3 rings (SSSR count). The van der Waals surface area contributed by atoms with Crippen LogP contribution in [0.2, 0.25) is 0 Å². The Kier molecular flexibility index (Phi) is 4.12. The molecule has 0 saturated carbocycles. The van der Waals surface area contributed by atoms with Crippen molar-refractivity contribution in [1.82, 2.24) is 4.98 Å². The van der Waals surface area contributed by atoms with Gasteiger partial charge in [-0.3, -0.25) is 0 Å². The smallest absolute Gasteiger partial charge is 0.144 e. The van der Waals surface area contributed by atoms with E-state index in [1.54, 1.807) is 6.07 Å². The number of aromatic nitrogens is 1. The van der Waals surface area contributed by atoms with E-state index in [1.165, 1.54) is 0 Å². The van der Waals surface area contributed by atoms with Crippen molar-refractivity contribution in [1.29, 1.82) is 5.26 Å². The summed E-state index contributed by atoms with van der Waals surface area (Å²) in [6.45, 7) is 0.462. The number of rotatable bonds is 4. The molecule has 3 heteroatoms. The van der Waals surface area contributed by atoms with Crippen LogP contribution in [0.4, 0.5) is 0 Å². The van der Waals surface area contributed by atoms with Crippen LogP contribution in [0.25, 0.3) is 11.3 Å². The van der Waals surface area contributed by atoms with E-state index < -0.39 is 0 Å². The molecule has 22 heavy (non-hydrogen) atoms. The Morgan fingerprint density at radius 3 is 2.27 bits per heavy atom. The molecule has 2 aromatic carbocycles. The predicted molar refractivity (Wildman–Crippen MR) is 85.2 cm³/mol. The highest BCUT2D eigenvalue weighted by atomic mass is 16.5. The predicted octanol–water partition coefficient (Wildman–Crippen LogP) is 4.20. The molecule has 1 heterocycles. The van der Waals surface area contributed by atoms with Gasteiger partial charge in [0.25, 0.3) is 0 Å². The van der Waals surface area contributed by atoms with Crippen LogP contribution in [-0.4, -0.2) is 4.98 Å². The zero-order chi connectivity index (χ0) is 15.2. The summed E-state index contributed by atoms with van der Waals surface area (Å²) < 4.78 is 5.81. The maximum Gasteiger partial charge on any atom is 0.144 e. The molecule has 106 valence electrons. The molecule has 0 spiro atoms. The molecule has 0 unspecified atom stereocenters. The van der Waals surface area contributed by atoms with Crippen LogP contribution in [-0.2, 0) is 6.61 Å². The summed E-state index contributed by atoms with van der Waals surface area (Å²) in [7, 11) is 0. The number of nitriles is 1. The molecule has 0 amide bonds. The van der Waals surface area contributed by atoms with Crippen LogP contribution in [0.1, 0.15) is 11.3 Å². The first-order valence-electron chi connectivity index (χ1n) is 6.99. The fraction of sp³-hybridized carbons (Fsp3) is 0.0526. The molecule has 0 aliphatic rings. The summed E-state index contributed by atoms with van der Waals surface area (Å²) in [6, 6.07) is 25.3. The summed E-state index contributed by atoms with van der Waals surface area (Å²) in [6.07, 6.45) is 0. The fourth-order valence-corrected chi connectivity index (χ4v) is 2.14. The molecule has 3 aromatic rings. The van der Waals surface area contributed by atoms with Gasteiger partial charge in [0.2, 0.25) is 0 Å². The third kappa shape index (κ3) is 3.31. The lowest BCUT2D eigenvalue weighted by atomic mass is 10.1. The van der Waals surface area contributed by atoms with E-state index in [4.69, 9.17) is 10.00 Å². The first-order chi connectivity index (χ1) is 10.8. The topological polar surface area (TPSA) is 45.9 Å². The van der Waals surface area contributed by atoms with E-state index >= 15 is 0 Å². The van der Waals surface area contributed by atoms with Crippen molar-refractivity contribution in [2.24, 2.45) is 0 Å². The second-order valence-electron chi connectivity index (χ2n) is 4.83. The van der Waals surface area contributed by atoms with Gasteiger partial charge in [-0.05, 0) is 5.56 Å². The number of pyridine rings is 1. The molecule has 0 aliphatic carbocycles. The van der Waals surface area contributed by atoms with E-state index in [0.29, 0.717) is 18.1 Å². The molecule has 3 nitrogen and oxygen atoms in total. The van der Waals surface area contributed by atoms with Gasteiger partial charge in [-0.25, -0.2) is 4.98 Å². The highest BCUT2D eigenvalue weighted by molar-refractivity contribution is 5.61. The molecule has 0 saturated heterocycles. The van der Waals surface area contributed by atoms with Crippen LogP contribution in [0.3, 0.4) is 0 Å². The van der Waals surface area contributed by atoms with E-state index in [-0.39, 0.29) is 0 Å². The zero-order valence-electron chi connectivity index (χ0n) is 11.9. The quantitative estimate of drug-likeness (QED) is 0.722. The van der Waals surface area contributed by atoms with Gasteiger partial charge in [0, 0.05) is 17.7 Å². The van der Waals surface area contributed by atoms with Gasteiger partial charge in [-0.2, -0.15) is 5.26 Å². The first kappa shape index (κ1) is 13.8. The highest BCUT2D eigenvalue weighted by Gasteiger charge is 2.06. The van der Waals surface area contributed by atoms with Crippen LogP contribution in [0, 0.1) is 11.3 Å². The third-order valence-electron chi connectivity index (χ3n) is 3.23. The Hall–Kier alpha value is -3.12. The second-order valence-corrected chi connectivity index (χ2v) is 4.83.